The Balaban J connectivity index is 1.46. The molecule has 1 saturated heterocycles. The van der Waals surface area contributed by atoms with E-state index in [1.807, 2.05) is 56.4 Å². The molecule has 0 bridgehead atoms. The lowest BCUT2D eigenvalue weighted by atomic mass is 9.80. The summed E-state index contributed by atoms with van der Waals surface area (Å²) >= 11 is 1.41. The Morgan fingerprint density at radius 1 is 1.11 bits per heavy atom. The maximum atomic E-state index is 12.1. The molecule has 1 fully saturated rings. The molecule has 0 aliphatic carbocycles. The summed E-state index contributed by atoms with van der Waals surface area (Å²) in [6.45, 7) is 5.52. The molecule has 37 heavy (non-hydrogen) atoms. The Morgan fingerprint density at radius 2 is 1.92 bits per heavy atom. The summed E-state index contributed by atoms with van der Waals surface area (Å²) in [6.07, 6.45) is 4.77. The molecule has 2 amide bonds. The molecule has 5 rings (SSSR count). The highest BCUT2D eigenvalue weighted by Gasteiger charge is 2.37. The van der Waals surface area contributed by atoms with Crippen LogP contribution in [-0.4, -0.2) is 51.7 Å². The number of rotatable bonds is 6. The quantitative estimate of drug-likeness (QED) is 0.320. The monoisotopic (exact) mass is 516 g/mol. The Morgan fingerprint density at radius 3 is 2.57 bits per heavy atom. The van der Waals surface area contributed by atoms with Crippen molar-refractivity contribution in [3.63, 3.8) is 0 Å². The minimum absolute atomic E-state index is 0.290. The third kappa shape index (κ3) is 5.10. The van der Waals surface area contributed by atoms with Crippen LogP contribution in [0.2, 0.25) is 0 Å². The highest BCUT2D eigenvalue weighted by molar-refractivity contribution is 7.22. The molecule has 10 heteroatoms. The van der Waals surface area contributed by atoms with Gasteiger partial charge in [0.25, 0.3) is 0 Å². The Bertz CT molecular complexity index is 1430. The number of anilines is 2. The minimum atomic E-state index is -0.735. The van der Waals surface area contributed by atoms with Gasteiger partial charge < -0.3 is 15.3 Å². The first-order chi connectivity index (χ1) is 17.9. The summed E-state index contributed by atoms with van der Waals surface area (Å²) in [7, 11) is 0. The number of urea groups is 1. The average Bonchev–Trinajstić information content (AvgIpc) is 3.31. The van der Waals surface area contributed by atoms with E-state index in [0.29, 0.717) is 37.6 Å². The van der Waals surface area contributed by atoms with Gasteiger partial charge in [0.2, 0.25) is 0 Å². The number of benzene rings is 1. The lowest BCUT2D eigenvalue weighted by Gasteiger charge is -2.37. The fourth-order valence-corrected chi connectivity index (χ4v) is 5.42. The van der Waals surface area contributed by atoms with Gasteiger partial charge in [-0.3, -0.25) is 15.1 Å². The highest BCUT2D eigenvalue weighted by atomic mass is 32.1. The number of aromatic nitrogens is 3. The number of carboxylic acids is 1. The molecule has 3 aromatic heterocycles. The van der Waals surface area contributed by atoms with Crippen molar-refractivity contribution < 1.29 is 14.7 Å². The summed E-state index contributed by atoms with van der Waals surface area (Å²) in [4.78, 5) is 39.7. The first-order valence-electron chi connectivity index (χ1n) is 12.2. The van der Waals surface area contributed by atoms with Gasteiger partial charge in [0, 0.05) is 43.2 Å². The number of carboxylic acid groups (broad SMARTS) is 1. The number of carbonyl (C=O) groups is 2. The van der Waals surface area contributed by atoms with Crippen molar-refractivity contribution >= 4 is 44.5 Å². The van der Waals surface area contributed by atoms with Crippen molar-refractivity contribution in [2.24, 2.45) is 5.41 Å². The molecule has 1 aromatic carbocycles. The van der Waals surface area contributed by atoms with Crippen LogP contribution in [0.3, 0.4) is 0 Å². The van der Waals surface area contributed by atoms with Crippen LogP contribution in [0.1, 0.15) is 26.7 Å². The number of nitrogens with zero attached hydrogens (tertiary/aromatic N) is 4. The molecular weight excluding hydrogens is 488 g/mol. The fourth-order valence-electron chi connectivity index (χ4n) is 4.45. The molecule has 190 valence electrons. The summed E-state index contributed by atoms with van der Waals surface area (Å²) < 4.78 is 0.939. The highest BCUT2D eigenvalue weighted by Crippen LogP contribution is 2.38. The van der Waals surface area contributed by atoms with Gasteiger partial charge in [-0.05, 0) is 68.7 Å². The molecule has 0 unspecified atom stereocenters. The summed E-state index contributed by atoms with van der Waals surface area (Å²) in [5.41, 5.74) is 3.72. The van der Waals surface area contributed by atoms with Crippen LogP contribution >= 0.6 is 11.3 Å². The Labute approximate surface area is 218 Å². The maximum Gasteiger partial charge on any atom is 0.321 e. The smallest absolute Gasteiger partial charge is 0.321 e. The topological polar surface area (TPSA) is 120 Å². The number of thiazole rings is 1. The van der Waals surface area contributed by atoms with E-state index < -0.39 is 11.4 Å². The molecule has 9 nitrogen and oxygen atoms in total. The molecule has 4 aromatic rings. The van der Waals surface area contributed by atoms with Crippen LogP contribution in [0, 0.1) is 5.41 Å². The van der Waals surface area contributed by atoms with Crippen LogP contribution in [-0.2, 0) is 4.79 Å². The van der Waals surface area contributed by atoms with Crippen LogP contribution in [0.4, 0.5) is 15.7 Å². The van der Waals surface area contributed by atoms with E-state index in [2.05, 4.69) is 31.6 Å². The summed E-state index contributed by atoms with van der Waals surface area (Å²) in [5.74, 6) is 0.102. The van der Waals surface area contributed by atoms with Gasteiger partial charge in [-0.25, -0.2) is 14.8 Å². The third-order valence-electron chi connectivity index (χ3n) is 6.78. The number of piperidine rings is 1. The van der Waals surface area contributed by atoms with E-state index in [0.717, 1.165) is 38.4 Å². The molecular formula is C27H28N6O3S. The molecule has 3 N–H and O–H groups in total. The SMILES string of the molecule is CCNC(=O)Nc1nc2cc(-c3ccc(N4CCC(C)(C(=O)O)CC4)nc3)cc(-c3ccccn3)c2s1. The second-order valence-electron chi connectivity index (χ2n) is 9.35. The second kappa shape index (κ2) is 10.1. The van der Waals surface area contributed by atoms with E-state index in [-0.39, 0.29) is 6.03 Å². The zero-order valence-corrected chi connectivity index (χ0v) is 21.5. The van der Waals surface area contributed by atoms with Crippen LogP contribution in [0.5, 0.6) is 0 Å². The normalized spacial score (nSPS) is 14.9. The van der Waals surface area contributed by atoms with Gasteiger partial charge in [-0.15, -0.1) is 0 Å². The number of aliphatic carboxylic acids is 1. The molecule has 0 atom stereocenters. The van der Waals surface area contributed by atoms with Crippen molar-refractivity contribution in [3.8, 4) is 22.4 Å². The number of hydrogen-bond donors (Lipinski definition) is 3. The third-order valence-corrected chi connectivity index (χ3v) is 7.80. The summed E-state index contributed by atoms with van der Waals surface area (Å²) in [6, 6.07) is 13.6. The number of pyridine rings is 2. The molecule has 0 saturated carbocycles. The van der Waals surface area contributed by atoms with E-state index in [1.165, 1.54) is 11.3 Å². The van der Waals surface area contributed by atoms with Gasteiger partial charge in [0.15, 0.2) is 5.13 Å². The number of hydrogen-bond acceptors (Lipinski definition) is 7. The maximum absolute atomic E-state index is 12.1. The minimum Gasteiger partial charge on any atom is -0.481 e. The molecule has 0 spiro atoms. The van der Waals surface area contributed by atoms with Gasteiger partial charge >= 0.3 is 12.0 Å². The fraction of sp³-hybridized carbons (Fsp3) is 0.296. The molecule has 1 aliphatic heterocycles. The Kier molecular flexibility index (Phi) is 6.75. The van der Waals surface area contributed by atoms with Crippen molar-refractivity contribution in [2.45, 2.75) is 26.7 Å². The molecule has 4 heterocycles. The van der Waals surface area contributed by atoms with Gasteiger partial charge in [0.05, 0.1) is 21.3 Å². The van der Waals surface area contributed by atoms with Gasteiger partial charge in [0.1, 0.15) is 5.82 Å². The first kappa shape index (κ1) is 24.6. The molecule has 0 radical (unpaired) electrons. The van der Waals surface area contributed by atoms with Crippen molar-refractivity contribution in [1.82, 2.24) is 20.3 Å². The number of nitrogens with one attached hydrogen (secondary N) is 2. The van der Waals surface area contributed by atoms with Gasteiger partial charge in [-0.2, -0.15) is 0 Å². The Hall–Kier alpha value is -4.05. The lowest BCUT2D eigenvalue weighted by Crippen LogP contribution is -2.43. The van der Waals surface area contributed by atoms with Crippen LogP contribution < -0.4 is 15.5 Å². The number of amides is 2. The van der Waals surface area contributed by atoms with E-state index in [4.69, 9.17) is 4.98 Å². The number of fused-ring (bicyclic) bond motifs is 1. The summed E-state index contributed by atoms with van der Waals surface area (Å²) in [5, 5.41) is 15.6. The predicted molar refractivity (Wildman–Crippen MR) is 146 cm³/mol. The van der Waals surface area contributed by atoms with E-state index in [9.17, 15) is 14.7 Å². The van der Waals surface area contributed by atoms with Gasteiger partial charge in [-0.1, -0.05) is 17.4 Å². The van der Waals surface area contributed by atoms with E-state index in [1.54, 1.807) is 6.20 Å². The standard InChI is InChI=1S/C27H28N6O3S/c1-3-28-25(36)32-26-31-21-15-18(14-19(23(21)37-26)20-6-4-5-11-29-20)17-7-8-22(30-16-17)33-12-9-27(2,10-13-33)24(34)35/h4-8,11,14-16H,3,9-10,12-13H2,1-2H3,(H,34,35)(H2,28,31,32,36). The van der Waals surface area contributed by atoms with Crippen molar-refractivity contribution in [1.29, 1.82) is 0 Å². The lowest BCUT2D eigenvalue weighted by molar-refractivity contribution is -0.149. The van der Waals surface area contributed by atoms with Crippen molar-refractivity contribution in [2.75, 3.05) is 29.9 Å². The van der Waals surface area contributed by atoms with Crippen molar-refractivity contribution in [3.05, 3.63) is 54.9 Å². The van der Waals surface area contributed by atoms with Crippen LogP contribution in [0.15, 0.2) is 54.9 Å². The zero-order chi connectivity index (χ0) is 26.0. The van der Waals surface area contributed by atoms with Crippen LogP contribution in [0.25, 0.3) is 32.6 Å². The second-order valence-corrected chi connectivity index (χ2v) is 10.3. The molecule has 1 aliphatic rings. The predicted octanol–water partition coefficient (Wildman–Crippen LogP) is 5.25. The number of carbonyl (C=O) groups excluding carboxylic acids is 1. The zero-order valence-electron chi connectivity index (χ0n) is 20.7. The largest absolute Gasteiger partial charge is 0.481 e. The first-order valence-corrected chi connectivity index (χ1v) is 13.0. The average molecular weight is 517 g/mol. The van der Waals surface area contributed by atoms with E-state index >= 15 is 0 Å².